The molecule has 96 valence electrons. The number of aryl methyl sites for hydroxylation is 1. The molecule has 0 spiro atoms. The van der Waals surface area contributed by atoms with E-state index in [-0.39, 0.29) is 5.41 Å². The van der Waals surface area contributed by atoms with E-state index in [2.05, 4.69) is 54.9 Å². The molecule has 0 aliphatic heterocycles. The normalized spacial score (nSPS) is 13.4. The van der Waals surface area contributed by atoms with E-state index in [9.17, 15) is 0 Å². The fourth-order valence-corrected chi connectivity index (χ4v) is 1.67. The second kappa shape index (κ2) is 4.90. The summed E-state index contributed by atoms with van der Waals surface area (Å²) < 4.78 is 0. The van der Waals surface area contributed by atoms with E-state index >= 15 is 0 Å². The van der Waals surface area contributed by atoms with Crippen molar-refractivity contribution in [1.82, 2.24) is 9.97 Å². The van der Waals surface area contributed by atoms with Gasteiger partial charge in [0.1, 0.15) is 5.82 Å². The van der Waals surface area contributed by atoms with Gasteiger partial charge in [-0.2, -0.15) is 4.98 Å². The van der Waals surface area contributed by atoms with E-state index in [4.69, 9.17) is 0 Å². The lowest BCUT2D eigenvalue weighted by Crippen LogP contribution is -2.40. The average molecular weight is 236 g/mol. The van der Waals surface area contributed by atoms with Crippen molar-refractivity contribution in [1.29, 1.82) is 0 Å². The molecule has 1 N–H and O–H groups in total. The maximum atomic E-state index is 4.53. The highest BCUT2D eigenvalue weighted by molar-refractivity contribution is 5.49. The molecule has 1 rings (SSSR count). The van der Waals surface area contributed by atoms with Crippen molar-refractivity contribution < 1.29 is 0 Å². The molecule has 0 aliphatic rings. The third kappa shape index (κ3) is 3.08. The van der Waals surface area contributed by atoms with Crippen LogP contribution in [0.25, 0.3) is 0 Å². The summed E-state index contributed by atoms with van der Waals surface area (Å²) in [5, 5.41) is 2.98. The molecule has 1 atom stereocenters. The van der Waals surface area contributed by atoms with Crippen LogP contribution in [0.5, 0.6) is 0 Å². The molecule has 1 aromatic rings. The van der Waals surface area contributed by atoms with Gasteiger partial charge in [-0.05, 0) is 19.3 Å². The second-order valence-electron chi connectivity index (χ2n) is 5.60. The number of rotatable bonds is 3. The molecule has 0 saturated carbocycles. The van der Waals surface area contributed by atoms with Crippen LogP contribution in [0.4, 0.5) is 11.8 Å². The molecule has 4 heteroatoms. The number of aromatic nitrogens is 2. The average Bonchev–Trinajstić information content (AvgIpc) is 2.26. The van der Waals surface area contributed by atoms with Crippen LogP contribution >= 0.6 is 0 Å². The molecule has 0 amide bonds. The minimum Gasteiger partial charge on any atom is -0.357 e. The van der Waals surface area contributed by atoms with Gasteiger partial charge in [-0.1, -0.05) is 20.8 Å². The molecule has 0 aliphatic carbocycles. The van der Waals surface area contributed by atoms with Crippen molar-refractivity contribution in [2.45, 2.75) is 40.7 Å². The highest BCUT2D eigenvalue weighted by Gasteiger charge is 2.25. The summed E-state index contributed by atoms with van der Waals surface area (Å²) in [6.07, 6.45) is 1.86. The zero-order valence-corrected chi connectivity index (χ0v) is 12.0. The van der Waals surface area contributed by atoms with Crippen LogP contribution in [-0.2, 0) is 0 Å². The van der Waals surface area contributed by atoms with Gasteiger partial charge >= 0.3 is 0 Å². The van der Waals surface area contributed by atoms with Crippen LogP contribution < -0.4 is 10.2 Å². The maximum absolute atomic E-state index is 4.53. The Balaban J connectivity index is 3.07. The van der Waals surface area contributed by atoms with Crippen molar-refractivity contribution in [3.05, 3.63) is 11.8 Å². The fraction of sp³-hybridized carbons (Fsp3) is 0.692. The van der Waals surface area contributed by atoms with Crippen molar-refractivity contribution >= 4 is 11.8 Å². The first-order valence-electron chi connectivity index (χ1n) is 6.01. The Labute approximate surface area is 104 Å². The van der Waals surface area contributed by atoms with Gasteiger partial charge in [0.2, 0.25) is 5.95 Å². The Morgan fingerprint density at radius 1 is 1.35 bits per heavy atom. The number of hydrogen-bond donors (Lipinski definition) is 1. The van der Waals surface area contributed by atoms with Gasteiger partial charge < -0.3 is 10.2 Å². The lowest BCUT2D eigenvalue weighted by atomic mass is 9.87. The molecule has 17 heavy (non-hydrogen) atoms. The van der Waals surface area contributed by atoms with Gasteiger partial charge in [-0.15, -0.1) is 0 Å². The van der Waals surface area contributed by atoms with Gasteiger partial charge in [-0.25, -0.2) is 4.98 Å². The Hall–Kier alpha value is -1.32. The molecule has 0 saturated heterocycles. The standard InChI is InChI=1S/C13H24N4/c1-9-8-15-12(14-6)16-11(9)17(7)10(2)13(3,4)5/h8,10H,1-7H3,(H,14,15,16). The van der Waals surface area contributed by atoms with Crippen LogP contribution in [0.2, 0.25) is 0 Å². The summed E-state index contributed by atoms with van der Waals surface area (Å²) in [5.41, 5.74) is 1.31. The minimum absolute atomic E-state index is 0.214. The summed E-state index contributed by atoms with van der Waals surface area (Å²) >= 11 is 0. The van der Waals surface area contributed by atoms with Crippen molar-refractivity contribution in [2.75, 3.05) is 24.3 Å². The molecule has 4 nitrogen and oxygen atoms in total. The fourth-order valence-electron chi connectivity index (χ4n) is 1.67. The summed E-state index contributed by atoms with van der Waals surface area (Å²) in [5.74, 6) is 1.66. The summed E-state index contributed by atoms with van der Waals surface area (Å²) in [6, 6.07) is 0.404. The second-order valence-corrected chi connectivity index (χ2v) is 5.60. The molecule has 1 aromatic heterocycles. The largest absolute Gasteiger partial charge is 0.357 e. The Morgan fingerprint density at radius 3 is 2.41 bits per heavy atom. The van der Waals surface area contributed by atoms with Crippen LogP contribution in [0.3, 0.4) is 0 Å². The zero-order valence-electron chi connectivity index (χ0n) is 12.0. The highest BCUT2D eigenvalue weighted by Crippen LogP contribution is 2.28. The predicted molar refractivity (Wildman–Crippen MR) is 73.6 cm³/mol. The quantitative estimate of drug-likeness (QED) is 0.876. The first kappa shape index (κ1) is 13.7. The van der Waals surface area contributed by atoms with E-state index in [0.717, 1.165) is 11.4 Å². The summed E-state index contributed by atoms with van der Waals surface area (Å²) in [7, 11) is 3.92. The lowest BCUT2D eigenvalue weighted by Gasteiger charge is -2.36. The third-order valence-corrected chi connectivity index (χ3v) is 3.34. The maximum Gasteiger partial charge on any atom is 0.224 e. The Morgan fingerprint density at radius 2 is 1.94 bits per heavy atom. The monoisotopic (exact) mass is 236 g/mol. The van der Waals surface area contributed by atoms with E-state index < -0.39 is 0 Å². The highest BCUT2D eigenvalue weighted by atomic mass is 15.2. The molecular weight excluding hydrogens is 212 g/mol. The number of hydrogen-bond acceptors (Lipinski definition) is 4. The van der Waals surface area contributed by atoms with E-state index in [1.807, 2.05) is 20.2 Å². The van der Waals surface area contributed by atoms with Crippen LogP contribution in [0.1, 0.15) is 33.3 Å². The molecular formula is C13H24N4. The van der Waals surface area contributed by atoms with Crippen LogP contribution in [-0.4, -0.2) is 30.1 Å². The van der Waals surface area contributed by atoms with Crippen molar-refractivity contribution in [3.63, 3.8) is 0 Å². The van der Waals surface area contributed by atoms with Crippen molar-refractivity contribution in [3.8, 4) is 0 Å². The SMILES string of the molecule is CNc1ncc(C)c(N(C)C(C)C(C)(C)C)n1. The summed E-state index contributed by atoms with van der Waals surface area (Å²) in [4.78, 5) is 11.0. The summed E-state index contributed by atoms with van der Waals surface area (Å²) in [6.45, 7) is 11.0. The van der Waals surface area contributed by atoms with Gasteiger partial charge in [0.25, 0.3) is 0 Å². The van der Waals surface area contributed by atoms with Crippen molar-refractivity contribution in [2.24, 2.45) is 5.41 Å². The van der Waals surface area contributed by atoms with E-state index in [1.54, 1.807) is 0 Å². The van der Waals surface area contributed by atoms with Gasteiger partial charge in [-0.3, -0.25) is 0 Å². The lowest BCUT2D eigenvalue weighted by molar-refractivity contribution is 0.328. The first-order chi connectivity index (χ1) is 7.77. The number of nitrogens with zero attached hydrogens (tertiary/aromatic N) is 3. The molecule has 0 radical (unpaired) electrons. The van der Waals surface area contributed by atoms with Crippen LogP contribution in [0, 0.1) is 12.3 Å². The predicted octanol–water partition coefficient (Wildman–Crippen LogP) is 2.70. The zero-order chi connectivity index (χ0) is 13.2. The Bertz CT molecular complexity index is 381. The molecule has 1 unspecified atom stereocenters. The molecule has 0 fully saturated rings. The van der Waals surface area contributed by atoms with E-state index in [0.29, 0.717) is 12.0 Å². The minimum atomic E-state index is 0.214. The molecule has 0 aromatic carbocycles. The molecule has 1 heterocycles. The smallest absolute Gasteiger partial charge is 0.224 e. The van der Waals surface area contributed by atoms with Gasteiger partial charge in [0, 0.05) is 31.9 Å². The van der Waals surface area contributed by atoms with Gasteiger partial charge in [0.15, 0.2) is 0 Å². The third-order valence-electron chi connectivity index (χ3n) is 3.34. The topological polar surface area (TPSA) is 41.1 Å². The van der Waals surface area contributed by atoms with Gasteiger partial charge in [0.05, 0.1) is 0 Å². The van der Waals surface area contributed by atoms with E-state index in [1.165, 1.54) is 0 Å². The molecule has 0 bridgehead atoms. The number of anilines is 2. The van der Waals surface area contributed by atoms with Crippen LogP contribution in [0.15, 0.2) is 6.20 Å². The first-order valence-corrected chi connectivity index (χ1v) is 6.01. The number of nitrogens with one attached hydrogen (secondary N) is 1. The Kier molecular flexibility index (Phi) is 3.96.